The molecule has 31 heavy (non-hydrogen) atoms. The molecule has 0 saturated carbocycles. The molecule has 9 heteroatoms. The number of hydrogen-bond acceptors (Lipinski definition) is 5. The molecule has 0 aliphatic carbocycles. The van der Waals surface area contributed by atoms with Gasteiger partial charge in [0.25, 0.3) is 5.91 Å². The fourth-order valence-electron chi connectivity index (χ4n) is 2.83. The Morgan fingerprint density at radius 1 is 1.06 bits per heavy atom. The SMILES string of the molecule is CC(CC(=O)NC(=O)c1c[nH]c(/C=C/CCCCCCCCC(=O)O)cc1=O)C(=O)O. The van der Waals surface area contributed by atoms with Crippen LogP contribution in [0.25, 0.3) is 6.08 Å². The summed E-state index contributed by atoms with van der Waals surface area (Å²) in [5, 5.41) is 19.4. The number of carbonyl (C=O) groups is 4. The van der Waals surface area contributed by atoms with E-state index in [-0.39, 0.29) is 18.4 Å². The van der Waals surface area contributed by atoms with Gasteiger partial charge in [-0.1, -0.05) is 38.7 Å². The first-order valence-corrected chi connectivity index (χ1v) is 10.4. The number of aromatic nitrogens is 1. The number of aromatic amines is 1. The first-order chi connectivity index (χ1) is 14.7. The summed E-state index contributed by atoms with van der Waals surface area (Å²) in [6.07, 6.45) is 11.3. The molecule has 0 saturated heterocycles. The lowest BCUT2D eigenvalue weighted by atomic mass is 10.1. The molecule has 0 fully saturated rings. The molecule has 4 N–H and O–H groups in total. The Balaban J connectivity index is 2.38. The minimum absolute atomic E-state index is 0.224. The number of allylic oxidation sites excluding steroid dienone is 1. The van der Waals surface area contributed by atoms with Gasteiger partial charge >= 0.3 is 11.9 Å². The number of unbranched alkanes of at least 4 members (excludes halogenated alkanes) is 6. The van der Waals surface area contributed by atoms with Crippen molar-refractivity contribution < 1.29 is 29.4 Å². The lowest BCUT2D eigenvalue weighted by Crippen LogP contribution is -2.35. The van der Waals surface area contributed by atoms with Gasteiger partial charge in [0.1, 0.15) is 5.56 Å². The first-order valence-electron chi connectivity index (χ1n) is 10.4. The van der Waals surface area contributed by atoms with E-state index < -0.39 is 35.1 Å². The van der Waals surface area contributed by atoms with Gasteiger partial charge < -0.3 is 15.2 Å². The van der Waals surface area contributed by atoms with Gasteiger partial charge in [0, 0.05) is 30.8 Å². The summed E-state index contributed by atoms with van der Waals surface area (Å²) in [6.45, 7) is 1.35. The molecule has 1 heterocycles. The molecule has 0 aromatic carbocycles. The number of rotatable bonds is 14. The molecule has 1 rings (SSSR count). The Morgan fingerprint density at radius 2 is 1.71 bits per heavy atom. The number of aliphatic carboxylic acids is 2. The molecular formula is C22H30N2O7. The van der Waals surface area contributed by atoms with Crippen molar-refractivity contribution in [2.24, 2.45) is 5.92 Å². The minimum atomic E-state index is -1.15. The number of carbonyl (C=O) groups excluding carboxylic acids is 2. The quantitative estimate of drug-likeness (QED) is 0.328. The van der Waals surface area contributed by atoms with E-state index in [9.17, 15) is 24.0 Å². The van der Waals surface area contributed by atoms with Crippen molar-refractivity contribution in [1.29, 1.82) is 0 Å². The normalized spacial score (nSPS) is 11.9. The zero-order valence-electron chi connectivity index (χ0n) is 17.7. The number of hydrogen-bond donors (Lipinski definition) is 4. The number of nitrogens with one attached hydrogen (secondary N) is 2. The molecule has 9 nitrogen and oxygen atoms in total. The number of pyridine rings is 1. The van der Waals surface area contributed by atoms with Crippen LogP contribution >= 0.6 is 0 Å². The van der Waals surface area contributed by atoms with Gasteiger partial charge in [-0.2, -0.15) is 0 Å². The number of carboxylic acid groups (broad SMARTS) is 2. The van der Waals surface area contributed by atoms with Crippen LogP contribution in [0.1, 0.15) is 80.8 Å². The highest BCUT2D eigenvalue weighted by atomic mass is 16.4. The number of imide groups is 1. The summed E-state index contributed by atoms with van der Waals surface area (Å²) in [5.74, 6) is -4.47. The van der Waals surface area contributed by atoms with Crippen molar-refractivity contribution in [2.45, 2.75) is 64.7 Å². The maximum absolute atomic E-state index is 12.1. The predicted octanol–water partition coefficient (Wildman–Crippen LogP) is 2.96. The number of H-pyrrole nitrogens is 1. The third-order valence-electron chi connectivity index (χ3n) is 4.65. The van der Waals surface area contributed by atoms with Gasteiger partial charge in [0.05, 0.1) is 5.92 Å². The van der Waals surface area contributed by atoms with Crippen LogP contribution < -0.4 is 10.7 Å². The maximum Gasteiger partial charge on any atom is 0.306 e. The average molecular weight is 434 g/mol. The van der Waals surface area contributed by atoms with E-state index in [4.69, 9.17) is 10.2 Å². The van der Waals surface area contributed by atoms with Crippen molar-refractivity contribution in [2.75, 3.05) is 0 Å². The Kier molecular flexibility index (Phi) is 11.6. The van der Waals surface area contributed by atoms with E-state index in [0.717, 1.165) is 38.5 Å². The van der Waals surface area contributed by atoms with Crippen LogP contribution in [0.15, 0.2) is 23.1 Å². The van der Waals surface area contributed by atoms with Gasteiger partial charge in [-0.25, -0.2) is 0 Å². The molecule has 1 aromatic rings. The third-order valence-corrected chi connectivity index (χ3v) is 4.65. The first kappa shape index (κ1) is 25.8. The molecule has 0 bridgehead atoms. The molecule has 1 aromatic heterocycles. The Bertz CT molecular complexity index is 858. The van der Waals surface area contributed by atoms with Gasteiger partial charge in [-0.15, -0.1) is 0 Å². The van der Waals surface area contributed by atoms with E-state index in [2.05, 4.69) is 4.98 Å². The molecular weight excluding hydrogens is 404 g/mol. The number of carboxylic acids is 2. The second-order valence-corrected chi connectivity index (χ2v) is 7.44. The fraction of sp³-hybridized carbons (Fsp3) is 0.500. The van der Waals surface area contributed by atoms with Crippen LogP contribution in [0, 0.1) is 5.92 Å². The summed E-state index contributed by atoms with van der Waals surface area (Å²) in [7, 11) is 0. The summed E-state index contributed by atoms with van der Waals surface area (Å²) in [6, 6.07) is 1.26. The van der Waals surface area contributed by atoms with Crippen LogP contribution in [-0.2, 0) is 14.4 Å². The van der Waals surface area contributed by atoms with Crippen molar-refractivity contribution in [1.82, 2.24) is 10.3 Å². The Labute approximate surface area is 180 Å². The lowest BCUT2D eigenvalue weighted by molar-refractivity contribution is -0.143. The fourth-order valence-corrected chi connectivity index (χ4v) is 2.83. The summed E-state index contributed by atoms with van der Waals surface area (Å²) >= 11 is 0. The van der Waals surface area contributed by atoms with Gasteiger partial charge in [0.15, 0.2) is 5.43 Å². The van der Waals surface area contributed by atoms with Crippen LogP contribution in [-0.4, -0.2) is 39.0 Å². The van der Waals surface area contributed by atoms with Gasteiger partial charge in [-0.3, -0.25) is 29.3 Å². The molecule has 0 radical (unpaired) electrons. The van der Waals surface area contributed by atoms with E-state index in [1.807, 2.05) is 11.4 Å². The van der Waals surface area contributed by atoms with E-state index >= 15 is 0 Å². The molecule has 0 spiro atoms. The van der Waals surface area contributed by atoms with Crippen LogP contribution in [0.3, 0.4) is 0 Å². The second kappa shape index (κ2) is 13.9. The standard InChI is InChI=1S/C22H30N2O7/c1-15(22(30)31)12-19(26)24-21(29)17-14-23-16(13-18(17)25)10-8-6-4-2-3-5-7-9-11-20(27)28/h8,10,13-15H,2-7,9,11-12H2,1H3,(H,23,25)(H,27,28)(H,30,31)(H,24,26,29)/b10-8+. The predicted molar refractivity (Wildman–Crippen MR) is 115 cm³/mol. The molecule has 0 aliphatic heterocycles. The van der Waals surface area contributed by atoms with Crippen LogP contribution in [0.5, 0.6) is 0 Å². The monoisotopic (exact) mass is 434 g/mol. The van der Waals surface area contributed by atoms with E-state index in [1.165, 1.54) is 19.2 Å². The van der Waals surface area contributed by atoms with Gasteiger partial charge in [-0.05, 0) is 25.3 Å². The molecule has 0 aliphatic rings. The zero-order chi connectivity index (χ0) is 23.2. The van der Waals surface area contributed by atoms with Crippen molar-refractivity contribution in [3.63, 3.8) is 0 Å². The number of amides is 2. The van der Waals surface area contributed by atoms with Crippen molar-refractivity contribution in [3.8, 4) is 0 Å². The summed E-state index contributed by atoms with van der Waals surface area (Å²) in [4.78, 5) is 59.9. The Morgan fingerprint density at radius 3 is 2.32 bits per heavy atom. The van der Waals surface area contributed by atoms with Crippen molar-refractivity contribution in [3.05, 3.63) is 39.8 Å². The minimum Gasteiger partial charge on any atom is -0.481 e. The van der Waals surface area contributed by atoms with E-state index in [0.29, 0.717) is 12.1 Å². The molecule has 2 amide bonds. The average Bonchev–Trinajstić information content (AvgIpc) is 2.68. The largest absolute Gasteiger partial charge is 0.481 e. The topological polar surface area (TPSA) is 154 Å². The van der Waals surface area contributed by atoms with Crippen LogP contribution in [0.2, 0.25) is 0 Å². The van der Waals surface area contributed by atoms with Crippen molar-refractivity contribution >= 4 is 29.8 Å². The highest BCUT2D eigenvalue weighted by Gasteiger charge is 2.19. The highest BCUT2D eigenvalue weighted by molar-refractivity contribution is 6.05. The molecule has 1 unspecified atom stereocenters. The lowest BCUT2D eigenvalue weighted by Gasteiger charge is -2.06. The highest BCUT2D eigenvalue weighted by Crippen LogP contribution is 2.09. The smallest absolute Gasteiger partial charge is 0.306 e. The third kappa shape index (κ3) is 10.9. The second-order valence-electron chi connectivity index (χ2n) is 7.44. The zero-order valence-corrected chi connectivity index (χ0v) is 17.7. The summed E-state index contributed by atoms with van der Waals surface area (Å²) < 4.78 is 0. The van der Waals surface area contributed by atoms with Gasteiger partial charge in [0.2, 0.25) is 5.91 Å². The molecule has 170 valence electrons. The van der Waals surface area contributed by atoms with Crippen LogP contribution in [0.4, 0.5) is 0 Å². The van der Waals surface area contributed by atoms with E-state index in [1.54, 1.807) is 6.08 Å². The Hall–Kier alpha value is -3.23. The molecule has 1 atom stereocenters. The summed E-state index contributed by atoms with van der Waals surface area (Å²) in [5.41, 5.74) is -0.242. The maximum atomic E-state index is 12.1.